The van der Waals surface area contributed by atoms with Gasteiger partial charge in [-0.3, -0.25) is 0 Å². The van der Waals surface area contributed by atoms with Crippen LogP contribution in [0.15, 0.2) is 40.0 Å². The van der Waals surface area contributed by atoms with Gasteiger partial charge in [0.2, 0.25) is 5.89 Å². The minimum atomic E-state index is 0.308. The molecule has 0 bridgehead atoms. The average Bonchev–Trinajstić information content (AvgIpc) is 2.85. The minimum absolute atomic E-state index is 0.308. The van der Waals surface area contributed by atoms with E-state index in [9.17, 15) is 0 Å². The Morgan fingerprint density at radius 2 is 2.11 bits per heavy atom. The summed E-state index contributed by atoms with van der Waals surface area (Å²) in [5.41, 5.74) is 0. The van der Waals surface area contributed by atoms with Gasteiger partial charge >= 0.3 is 0 Å². The highest BCUT2D eigenvalue weighted by atomic mass is 32.2. The number of ether oxygens (including phenoxy) is 1. The molecular weight excluding hydrogens is 250 g/mol. The van der Waals surface area contributed by atoms with Crippen LogP contribution in [0.1, 0.15) is 5.89 Å². The van der Waals surface area contributed by atoms with Crippen LogP contribution in [-0.4, -0.2) is 22.6 Å². The lowest BCUT2D eigenvalue weighted by Gasteiger charge is -2.02. The predicted octanol–water partition coefficient (Wildman–Crippen LogP) is 2.31. The number of para-hydroxylation sites is 1. The molecule has 0 atom stereocenters. The van der Waals surface area contributed by atoms with Gasteiger partial charge in [-0.05, 0) is 12.1 Å². The van der Waals surface area contributed by atoms with Crippen molar-refractivity contribution in [2.45, 2.75) is 11.6 Å². The van der Waals surface area contributed by atoms with Crippen LogP contribution in [0.2, 0.25) is 0 Å². The maximum atomic E-state index is 8.42. The molecule has 0 aliphatic heterocycles. The Kier molecular flexibility index (Phi) is 4.61. The summed E-state index contributed by atoms with van der Waals surface area (Å²) >= 11 is 1.23. The van der Waals surface area contributed by atoms with Crippen molar-refractivity contribution in [2.75, 3.05) is 12.4 Å². The quantitative estimate of drug-likeness (QED) is 0.743. The summed E-state index contributed by atoms with van der Waals surface area (Å²) < 4.78 is 10.8. The molecule has 6 heteroatoms. The Morgan fingerprint density at radius 3 is 2.89 bits per heavy atom. The molecular formula is C12H11N3O2S. The van der Waals surface area contributed by atoms with Crippen LogP contribution in [0.4, 0.5) is 0 Å². The first-order chi connectivity index (χ1) is 8.88. The van der Waals surface area contributed by atoms with Gasteiger partial charge in [-0.1, -0.05) is 30.0 Å². The molecule has 92 valence electrons. The third kappa shape index (κ3) is 3.79. The smallest absolute Gasteiger partial charge is 0.277 e. The number of hydrogen-bond acceptors (Lipinski definition) is 6. The molecule has 0 spiro atoms. The van der Waals surface area contributed by atoms with Gasteiger partial charge in [0.25, 0.3) is 5.22 Å². The summed E-state index contributed by atoms with van der Waals surface area (Å²) in [6.07, 6.45) is 0.551. The molecule has 0 saturated carbocycles. The average molecular weight is 261 g/mol. The summed E-state index contributed by atoms with van der Waals surface area (Å²) in [4.78, 5) is 0. The van der Waals surface area contributed by atoms with E-state index in [1.165, 1.54) is 11.8 Å². The molecule has 1 aromatic carbocycles. The predicted molar refractivity (Wildman–Crippen MR) is 66.3 cm³/mol. The number of thioether (sulfide) groups is 1. The van der Waals surface area contributed by atoms with Crippen LogP contribution in [-0.2, 0) is 6.42 Å². The lowest BCUT2D eigenvalue weighted by Crippen LogP contribution is -2.01. The van der Waals surface area contributed by atoms with E-state index in [1.54, 1.807) is 0 Å². The van der Waals surface area contributed by atoms with Crippen molar-refractivity contribution in [1.29, 1.82) is 5.26 Å². The standard InChI is InChI=1S/C12H11N3O2S/c13-7-9-18-12-15-14-11(17-12)6-8-16-10-4-2-1-3-5-10/h1-5H,6,8-9H2. The van der Waals surface area contributed by atoms with Gasteiger partial charge in [-0.25, -0.2) is 0 Å². The van der Waals surface area contributed by atoms with Crippen LogP contribution < -0.4 is 4.74 Å². The molecule has 18 heavy (non-hydrogen) atoms. The Hall–Kier alpha value is -2.00. The summed E-state index contributed by atoms with van der Waals surface area (Å²) in [7, 11) is 0. The van der Waals surface area contributed by atoms with E-state index in [-0.39, 0.29) is 0 Å². The fraction of sp³-hybridized carbons (Fsp3) is 0.250. The van der Waals surface area contributed by atoms with Crippen LogP contribution in [0.3, 0.4) is 0 Å². The van der Waals surface area contributed by atoms with Gasteiger partial charge in [0.1, 0.15) is 5.75 Å². The number of hydrogen-bond donors (Lipinski definition) is 0. The maximum absolute atomic E-state index is 8.42. The number of aromatic nitrogens is 2. The van der Waals surface area contributed by atoms with E-state index in [0.29, 0.717) is 29.9 Å². The van der Waals surface area contributed by atoms with Crippen LogP contribution in [0.5, 0.6) is 5.75 Å². The Labute approximate surface area is 109 Å². The second-order valence-electron chi connectivity index (χ2n) is 3.32. The topological polar surface area (TPSA) is 71.9 Å². The number of benzene rings is 1. The second-order valence-corrected chi connectivity index (χ2v) is 4.25. The zero-order chi connectivity index (χ0) is 12.6. The molecule has 0 fully saturated rings. The van der Waals surface area contributed by atoms with Crippen LogP contribution in [0, 0.1) is 11.3 Å². The SMILES string of the molecule is N#CCSc1nnc(CCOc2ccccc2)o1. The summed E-state index contributed by atoms with van der Waals surface area (Å²) in [6, 6.07) is 11.5. The molecule has 0 unspecified atom stereocenters. The van der Waals surface area contributed by atoms with Crippen molar-refractivity contribution in [3.63, 3.8) is 0 Å². The lowest BCUT2D eigenvalue weighted by molar-refractivity contribution is 0.299. The molecule has 0 N–H and O–H groups in total. The van der Waals surface area contributed by atoms with E-state index < -0.39 is 0 Å². The zero-order valence-electron chi connectivity index (χ0n) is 9.57. The molecule has 2 aromatic rings. The van der Waals surface area contributed by atoms with Crippen molar-refractivity contribution < 1.29 is 9.15 Å². The van der Waals surface area contributed by atoms with E-state index in [1.807, 2.05) is 36.4 Å². The molecule has 1 heterocycles. The molecule has 5 nitrogen and oxygen atoms in total. The molecule has 0 radical (unpaired) electrons. The first kappa shape index (κ1) is 12.5. The Balaban J connectivity index is 1.77. The van der Waals surface area contributed by atoms with Crippen molar-refractivity contribution in [1.82, 2.24) is 10.2 Å². The second kappa shape index (κ2) is 6.67. The van der Waals surface area contributed by atoms with Crippen LogP contribution >= 0.6 is 11.8 Å². The Morgan fingerprint density at radius 1 is 1.28 bits per heavy atom. The largest absolute Gasteiger partial charge is 0.493 e. The van der Waals surface area contributed by atoms with Crippen molar-refractivity contribution in [2.24, 2.45) is 0 Å². The highest BCUT2D eigenvalue weighted by molar-refractivity contribution is 7.99. The van der Waals surface area contributed by atoms with Crippen molar-refractivity contribution in [3.8, 4) is 11.8 Å². The van der Waals surface area contributed by atoms with Crippen LogP contribution in [0.25, 0.3) is 0 Å². The van der Waals surface area contributed by atoms with E-state index in [4.69, 9.17) is 14.4 Å². The lowest BCUT2D eigenvalue weighted by atomic mass is 10.3. The first-order valence-corrected chi connectivity index (χ1v) is 6.37. The molecule has 2 rings (SSSR count). The van der Waals surface area contributed by atoms with Gasteiger partial charge in [0, 0.05) is 0 Å². The minimum Gasteiger partial charge on any atom is -0.493 e. The maximum Gasteiger partial charge on any atom is 0.277 e. The molecule has 0 aliphatic rings. The van der Waals surface area contributed by atoms with Gasteiger partial charge in [-0.15, -0.1) is 10.2 Å². The highest BCUT2D eigenvalue weighted by Gasteiger charge is 2.06. The van der Waals surface area contributed by atoms with Gasteiger partial charge < -0.3 is 9.15 Å². The normalized spacial score (nSPS) is 9.94. The summed E-state index contributed by atoms with van der Waals surface area (Å²) in [6.45, 7) is 0.481. The third-order valence-electron chi connectivity index (χ3n) is 2.04. The van der Waals surface area contributed by atoms with Gasteiger partial charge in [0.05, 0.1) is 24.8 Å². The monoisotopic (exact) mass is 261 g/mol. The fourth-order valence-electron chi connectivity index (χ4n) is 1.26. The molecule has 0 amide bonds. The third-order valence-corrected chi connectivity index (χ3v) is 2.72. The first-order valence-electron chi connectivity index (χ1n) is 5.38. The van der Waals surface area contributed by atoms with E-state index in [0.717, 1.165) is 5.75 Å². The van der Waals surface area contributed by atoms with Gasteiger partial charge in [0.15, 0.2) is 0 Å². The zero-order valence-corrected chi connectivity index (χ0v) is 10.4. The molecule has 0 aliphatic carbocycles. The van der Waals surface area contributed by atoms with Gasteiger partial charge in [-0.2, -0.15) is 5.26 Å². The van der Waals surface area contributed by atoms with Crippen molar-refractivity contribution in [3.05, 3.63) is 36.2 Å². The van der Waals surface area contributed by atoms with E-state index in [2.05, 4.69) is 10.2 Å². The number of rotatable bonds is 6. The molecule has 0 saturated heterocycles. The summed E-state index contributed by atoms with van der Waals surface area (Å²) in [5, 5.41) is 16.5. The number of nitrogens with zero attached hydrogens (tertiary/aromatic N) is 3. The summed E-state index contributed by atoms with van der Waals surface area (Å²) in [5.74, 6) is 1.64. The number of nitriles is 1. The highest BCUT2D eigenvalue weighted by Crippen LogP contribution is 2.15. The van der Waals surface area contributed by atoms with Crippen molar-refractivity contribution >= 4 is 11.8 Å². The fourth-order valence-corrected chi connectivity index (χ4v) is 1.71. The molecule has 1 aromatic heterocycles. The Bertz CT molecular complexity index is 522. The van der Waals surface area contributed by atoms with E-state index >= 15 is 0 Å².